The van der Waals surface area contributed by atoms with Crippen LogP contribution in [0.2, 0.25) is 0 Å². The summed E-state index contributed by atoms with van der Waals surface area (Å²) >= 11 is 3.66. The first kappa shape index (κ1) is 12.5. The lowest BCUT2D eigenvalue weighted by atomic mass is 9.80. The molecule has 2 saturated heterocycles. The number of piperidine rings is 2. The summed E-state index contributed by atoms with van der Waals surface area (Å²) in [5, 5.41) is 0. The van der Waals surface area contributed by atoms with Crippen LogP contribution in [0, 0.1) is 11.8 Å². The molecule has 1 aromatic carbocycles. The Balaban J connectivity index is 1.84. The minimum Gasteiger partial charge on any atom is -0.370 e. The molecule has 2 aliphatic rings. The number of hydrogen-bond acceptors (Lipinski definition) is 3. The number of anilines is 1. The highest BCUT2D eigenvalue weighted by molar-refractivity contribution is 9.10. The van der Waals surface area contributed by atoms with Crippen LogP contribution in [0.15, 0.2) is 28.7 Å². The topological polar surface area (TPSA) is 32.5 Å². The molecule has 2 fully saturated rings. The van der Waals surface area contributed by atoms with Gasteiger partial charge in [-0.1, -0.05) is 12.1 Å². The van der Waals surface area contributed by atoms with Gasteiger partial charge in [-0.3, -0.25) is 0 Å². The number of likely N-dealkylation sites (tertiary alicyclic amines) is 1. The zero-order chi connectivity index (χ0) is 12.7. The van der Waals surface area contributed by atoms with Crippen LogP contribution in [0.5, 0.6) is 0 Å². The largest absolute Gasteiger partial charge is 0.370 e. The minimum absolute atomic E-state index is 0.375. The van der Waals surface area contributed by atoms with Crippen molar-refractivity contribution in [3.05, 3.63) is 28.7 Å². The van der Waals surface area contributed by atoms with E-state index in [-0.39, 0.29) is 0 Å². The highest BCUT2D eigenvalue weighted by Gasteiger charge is 2.39. The average molecular weight is 310 g/mol. The number of hydrogen-bond donors (Lipinski definition) is 1. The average Bonchev–Trinajstić information content (AvgIpc) is 2.32. The molecular formula is C14H20BrN3. The van der Waals surface area contributed by atoms with Crippen LogP contribution < -0.4 is 10.6 Å². The maximum Gasteiger partial charge on any atom is 0.0510 e. The maximum atomic E-state index is 6.36. The molecule has 2 N–H and O–H groups in total. The number of halogens is 1. The molecule has 2 unspecified atom stereocenters. The molecule has 3 nitrogen and oxygen atoms in total. The van der Waals surface area contributed by atoms with E-state index in [0.29, 0.717) is 17.9 Å². The zero-order valence-electron chi connectivity index (χ0n) is 10.7. The van der Waals surface area contributed by atoms with Gasteiger partial charge in [-0.2, -0.15) is 0 Å². The van der Waals surface area contributed by atoms with Gasteiger partial charge in [-0.05, 0) is 35.1 Å². The predicted molar refractivity (Wildman–Crippen MR) is 78.8 cm³/mol. The number of benzene rings is 1. The molecule has 0 radical (unpaired) electrons. The number of fused-ring (bicyclic) bond motifs is 2. The van der Waals surface area contributed by atoms with E-state index >= 15 is 0 Å². The molecule has 0 saturated carbocycles. The molecule has 98 valence electrons. The van der Waals surface area contributed by atoms with Crippen molar-refractivity contribution in [2.24, 2.45) is 17.6 Å². The third-order valence-corrected chi connectivity index (χ3v) is 4.95. The van der Waals surface area contributed by atoms with Gasteiger partial charge in [0.25, 0.3) is 0 Å². The summed E-state index contributed by atoms with van der Waals surface area (Å²) < 4.78 is 1.19. The van der Waals surface area contributed by atoms with Gasteiger partial charge in [0.05, 0.1) is 5.69 Å². The normalized spacial score (nSPS) is 32.6. The fourth-order valence-electron chi connectivity index (χ4n) is 3.41. The number of nitrogens with two attached hydrogens (primary N) is 1. The number of para-hydroxylation sites is 1. The zero-order valence-corrected chi connectivity index (χ0v) is 12.3. The molecule has 2 bridgehead atoms. The Hall–Kier alpha value is -0.580. The van der Waals surface area contributed by atoms with Gasteiger partial charge in [0.15, 0.2) is 0 Å². The fourth-order valence-corrected chi connectivity index (χ4v) is 3.94. The standard InChI is InChI=1S/C14H20BrN3/c1-17-6-10-8-18(9-11(7-17)14(10)16)13-5-3-2-4-12(13)15/h2-5,10-11,14H,6-9,16H2,1H3. The minimum atomic E-state index is 0.375. The Bertz CT molecular complexity index is 421. The lowest BCUT2D eigenvalue weighted by molar-refractivity contribution is 0.107. The molecule has 0 spiro atoms. The molecule has 2 aliphatic heterocycles. The smallest absolute Gasteiger partial charge is 0.0510 e. The third kappa shape index (κ3) is 2.17. The molecule has 0 amide bonds. The monoisotopic (exact) mass is 309 g/mol. The molecule has 2 heterocycles. The van der Waals surface area contributed by atoms with E-state index in [4.69, 9.17) is 5.73 Å². The molecular weight excluding hydrogens is 290 g/mol. The second-order valence-electron chi connectivity index (χ2n) is 5.68. The van der Waals surface area contributed by atoms with E-state index in [0.717, 1.165) is 26.2 Å². The van der Waals surface area contributed by atoms with Gasteiger partial charge in [-0.25, -0.2) is 0 Å². The summed E-state index contributed by atoms with van der Waals surface area (Å²) in [6.45, 7) is 4.40. The van der Waals surface area contributed by atoms with Crippen LogP contribution in [0.4, 0.5) is 5.69 Å². The molecule has 4 heteroatoms. The summed E-state index contributed by atoms with van der Waals surface area (Å²) in [6, 6.07) is 8.86. The lowest BCUT2D eigenvalue weighted by Gasteiger charge is -2.49. The van der Waals surface area contributed by atoms with Gasteiger partial charge in [0.1, 0.15) is 0 Å². The van der Waals surface area contributed by atoms with Crippen molar-refractivity contribution in [1.29, 1.82) is 0 Å². The van der Waals surface area contributed by atoms with Crippen molar-refractivity contribution in [2.75, 3.05) is 38.1 Å². The first-order chi connectivity index (χ1) is 8.65. The van der Waals surface area contributed by atoms with Crippen molar-refractivity contribution in [3.8, 4) is 0 Å². The molecule has 18 heavy (non-hydrogen) atoms. The Morgan fingerprint density at radius 2 is 1.72 bits per heavy atom. The molecule has 1 aromatic rings. The van der Waals surface area contributed by atoms with Crippen molar-refractivity contribution in [2.45, 2.75) is 6.04 Å². The van der Waals surface area contributed by atoms with E-state index in [1.54, 1.807) is 0 Å². The molecule has 2 atom stereocenters. The van der Waals surface area contributed by atoms with Crippen LogP contribution in [0.1, 0.15) is 0 Å². The van der Waals surface area contributed by atoms with E-state index in [9.17, 15) is 0 Å². The van der Waals surface area contributed by atoms with Crippen LogP contribution in [-0.4, -0.2) is 44.2 Å². The van der Waals surface area contributed by atoms with Gasteiger partial charge in [0.2, 0.25) is 0 Å². The van der Waals surface area contributed by atoms with Gasteiger partial charge >= 0.3 is 0 Å². The van der Waals surface area contributed by atoms with Crippen LogP contribution in [0.3, 0.4) is 0 Å². The van der Waals surface area contributed by atoms with Gasteiger partial charge < -0.3 is 15.5 Å². The quantitative estimate of drug-likeness (QED) is 0.858. The Kier molecular flexibility index (Phi) is 3.34. The Labute approximate surface area is 117 Å². The summed E-state index contributed by atoms with van der Waals surface area (Å²) in [5.74, 6) is 1.18. The Morgan fingerprint density at radius 1 is 1.11 bits per heavy atom. The second kappa shape index (κ2) is 4.83. The summed E-state index contributed by atoms with van der Waals surface area (Å²) in [5.41, 5.74) is 7.67. The second-order valence-corrected chi connectivity index (χ2v) is 6.53. The van der Waals surface area contributed by atoms with Crippen LogP contribution >= 0.6 is 15.9 Å². The molecule has 3 rings (SSSR count). The van der Waals surface area contributed by atoms with E-state index in [1.807, 2.05) is 0 Å². The van der Waals surface area contributed by atoms with Gasteiger partial charge in [-0.15, -0.1) is 0 Å². The first-order valence-electron chi connectivity index (χ1n) is 6.59. The highest BCUT2D eigenvalue weighted by Crippen LogP contribution is 2.33. The Morgan fingerprint density at radius 3 is 2.33 bits per heavy atom. The molecule has 0 aliphatic carbocycles. The van der Waals surface area contributed by atoms with Gasteiger partial charge in [0, 0.05) is 48.5 Å². The molecule has 0 aromatic heterocycles. The van der Waals surface area contributed by atoms with E-state index in [2.05, 4.69) is 57.0 Å². The van der Waals surface area contributed by atoms with Crippen LogP contribution in [0.25, 0.3) is 0 Å². The van der Waals surface area contributed by atoms with Crippen molar-refractivity contribution in [3.63, 3.8) is 0 Å². The van der Waals surface area contributed by atoms with E-state index in [1.165, 1.54) is 10.2 Å². The third-order valence-electron chi connectivity index (χ3n) is 4.28. The predicted octanol–water partition coefficient (Wildman–Crippen LogP) is 1.77. The highest BCUT2D eigenvalue weighted by atomic mass is 79.9. The maximum absolute atomic E-state index is 6.36. The first-order valence-corrected chi connectivity index (χ1v) is 7.38. The fraction of sp³-hybridized carbons (Fsp3) is 0.571. The number of nitrogens with zero attached hydrogens (tertiary/aromatic N) is 2. The summed E-state index contributed by atoms with van der Waals surface area (Å²) in [7, 11) is 2.21. The van der Waals surface area contributed by atoms with Crippen molar-refractivity contribution < 1.29 is 0 Å². The van der Waals surface area contributed by atoms with Crippen molar-refractivity contribution >= 4 is 21.6 Å². The number of rotatable bonds is 1. The summed E-state index contributed by atoms with van der Waals surface area (Å²) in [6.07, 6.45) is 0. The van der Waals surface area contributed by atoms with Crippen LogP contribution in [-0.2, 0) is 0 Å². The van der Waals surface area contributed by atoms with E-state index < -0.39 is 0 Å². The SMILES string of the molecule is CN1CC2CN(c3ccccc3Br)CC(C1)C2N. The lowest BCUT2D eigenvalue weighted by Crippen LogP contribution is -2.62. The summed E-state index contributed by atoms with van der Waals surface area (Å²) in [4.78, 5) is 4.92. The van der Waals surface area contributed by atoms with Crippen molar-refractivity contribution in [1.82, 2.24) is 4.90 Å².